The second kappa shape index (κ2) is 8.81. The lowest BCUT2D eigenvalue weighted by Crippen LogP contribution is -2.25. The summed E-state index contributed by atoms with van der Waals surface area (Å²) in [4.78, 5) is 48.6. The van der Waals surface area contributed by atoms with E-state index < -0.39 is 35.7 Å². The largest absolute Gasteiger partial charge is 0.435 e. The Morgan fingerprint density at radius 2 is 1.97 bits per heavy atom. The first-order valence-corrected chi connectivity index (χ1v) is 10.4. The van der Waals surface area contributed by atoms with Crippen molar-refractivity contribution >= 4 is 28.4 Å². The molecule has 182 valence electrons. The molecular weight excluding hydrogens is 467 g/mol. The van der Waals surface area contributed by atoms with Crippen LogP contribution in [0.25, 0.3) is 11.0 Å². The third-order valence-corrected chi connectivity index (χ3v) is 5.30. The molecule has 0 radical (unpaired) electrons. The van der Waals surface area contributed by atoms with Crippen LogP contribution in [0.15, 0.2) is 41.8 Å². The standard InChI is InChI=1S/C22H20F3N7O3/c1-11(2)31-8-15(14-7-26-10-28-20(14)31)19(34)13-5-16(21(35)27-6-13)29-18(33)9-32-12(3)4-17(30-32)22(23,24)25/h4-8,10-11H,9H2,1-3H3,(H,27,35)(H,29,33). The molecule has 35 heavy (non-hydrogen) atoms. The lowest BCUT2D eigenvalue weighted by molar-refractivity contribution is -0.141. The highest BCUT2D eigenvalue weighted by Crippen LogP contribution is 2.28. The van der Waals surface area contributed by atoms with E-state index in [2.05, 4.69) is 25.4 Å². The van der Waals surface area contributed by atoms with Gasteiger partial charge in [-0.2, -0.15) is 18.3 Å². The van der Waals surface area contributed by atoms with Gasteiger partial charge in [-0.3, -0.25) is 19.1 Å². The fourth-order valence-electron chi connectivity index (χ4n) is 3.56. The van der Waals surface area contributed by atoms with Crippen LogP contribution in [-0.4, -0.2) is 41.0 Å². The van der Waals surface area contributed by atoms with Crippen molar-refractivity contribution in [3.63, 3.8) is 0 Å². The maximum Gasteiger partial charge on any atom is 0.435 e. The molecule has 4 rings (SSSR count). The molecule has 0 saturated carbocycles. The average Bonchev–Trinajstić information content (AvgIpc) is 3.36. The number of carbonyl (C=O) groups excluding carboxylic acids is 2. The van der Waals surface area contributed by atoms with Crippen LogP contribution >= 0.6 is 0 Å². The molecule has 4 heterocycles. The van der Waals surface area contributed by atoms with Crippen molar-refractivity contribution in [3.8, 4) is 0 Å². The zero-order valence-corrected chi connectivity index (χ0v) is 18.8. The number of aromatic amines is 1. The fourth-order valence-corrected chi connectivity index (χ4v) is 3.56. The first-order valence-electron chi connectivity index (χ1n) is 10.4. The minimum Gasteiger partial charge on any atom is -0.329 e. The number of anilines is 1. The monoisotopic (exact) mass is 487 g/mol. The molecule has 0 aromatic carbocycles. The van der Waals surface area contributed by atoms with E-state index in [-0.39, 0.29) is 23.0 Å². The first-order chi connectivity index (χ1) is 16.5. The van der Waals surface area contributed by atoms with Gasteiger partial charge in [0.15, 0.2) is 11.5 Å². The Labute approximate surface area is 195 Å². The second-order valence-electron chi connectivity index (χ2n) is 8.14. The number of alkyl halides is 3. The van der Waals surface area contributed by atoms with Gasteiger partial charge in [-0.05, 0) is 32.9 Å². The van der Waals surface area contributed by atoms with E-state index in [0.717, 1.165) is 10.7 Å². The van der Waals surface area contributed by atoms with Crippen molar-refractivity contribution in [1.29, 1.82) is 0 Å². The molecule has 0 atom stereocenters. The van der Waals surface area contributed by atoms with Crippen molar-refractivity contribution in [1.82, 2.24) is 29.3 Å². The van der Waals surface area contributed by atoms with Gasteiger partial charge in [-0.15, -0.1) is 0 Å². The van der Waals surface area contributed by atoms with Gasteiger partial charge in [0.25, 0.3) is 5.56 Å². The molecule has 0 bridgehead atoms. The molecule has 0 fully saturated rings. The Morgan fingerprint density at radius 1 is 1.23 bits per heavy atom. The third-order valence-electron chi connectivity index (χ3n) is 5.30. The van der Waals surface area contributed by atoms with Crippen LogP contribution in [0.3, 0.4) is 0 Å². The summed E-state index contributed by atoms with van der Waals surface area (Å²) in [5.74, 6) is -1.22. The smallest absolute Gasteiger partial charge is 0.329 e. The molecule has 4 aromatic rings. The maximum absolute atomic E-state index is 13.3. The van der Waals surface area contributed by atoms with E-state index in [9.17, 15) is 27.6 Å². The number of pyridine rings is 1. The van der Waals surface area contributed by atoms with Crippen LogP contribution in [0.1, 0.15) is 47.2 Å². The van der Waals surface area contributed by atoms with E-state index in [1.807, 2.05) is 18.4 Å². The van der Waals surface area contributed by atoms with E-state index in [1.54, 1.807) is 6.20 Å². The predicted octanol–water partition coefficient (Wildman–Crippen LogP) is 3.09. The topological polar surface area (TPSA) is 128 Å². The number of aryl methyl sites for hydroxylation is 1. The van der Waals surface area contributed by atoms with Crippen molar-refractivity contribution in [2.75, 3.05) is 5.32 Å². The van der Waals surface area contributed by atoms with Crippen LogP contribution < -0.4 is 10.9 Å². The normalized spacial score (nSPS) is 11.9. The number of ketones is 1. The summed E-state index contributed by atoms with van der Waals surface area (Å²) in [5, 5.41) is 6.25. The molecule has 4 aromatic heterocycles. The minimum absolute atomic E-state index is 0.0167. The van der Waals surface area contributed by atoms with Gasteiger partial charge in [-0.1, -0.05) is 0 Å². The van der Waals surface area contributed by atoms with Gasteiger partial charge in [0.1, 0.15) is 24.2 Å². The summed E-state index contributed by atoms with van der Waals surface area (Å²) >= 11 is 0. The van der Waals surface area contributed by atoms with Crippen LogP contribution in [0, 0.1) is 6.92 Å². The van der Waals surface area contributed by atoms with Crippen molar-refractivity contribution in [2.24, 2.45) is 0 Å². The number of fused-ring (bicyclic) bond motifs is 1. The molecule has 0 unspecified atom stereocenters. The SMILES string of the molecule is Cc1cc(C(F)(F)F)nn1CC(=O)Nc1cc(C(=O)c2cn(C(C)C)c3ncncc23)c[nH]c1=O. The van der Waals surface area contributed by atoms with Gasteiger partial charge < -0.3 is 14.9 Å². The third kappa shape index (κ3) is 4.69. The lowest BCUT2D eigenvalue weighted by atomic mass is 10.1. The number of nitrogens with one attached hydrogen (secondary N) is 2. The summed E-state index contributed by atoms with van der Waals surface area (Å²) in [6.07, 6.45) is 1.11. The first kappa shape index (κ1) is 23.9. The molecule has 0 spiro atoms. The summed E-state index contributed by atoms with van der Waals surface area (Å²) in [6.45, 7) is 4.68. The average molecular weight is 487 g/mol. The molecule has 1 amide bonds. The number of hydrogen-bond donors (Lipinski definition) is 2. The molecule has 0 aliphatic carbocycles. The Morgan fingerprint density at radius 3 is 2.63 bits per heavy atom. The van der Waals surface area contributed by atoms with Gasteiger partial charge in [0, 0.05) is 41.3 Å². The van der Waals surface area contributed by atoms with Crippen molar-refractivity contribution in [3.05, 3.63) is 69.9 Å². The fraction of sp³-hybridized carbons (Fsp3) is 0.273. The zero-order valence-electron chi connectivity index (χ0n) is 18.8. The zero-order chi connectivity index (χ0) is 25.5. The van der Waals surface area contributed by atoms with Gasteiger partial charge in [0.2, 0.25) is 5.91 Å². The number of carbonyl (C=O) groups is 2. The number of hydrogen-bond acceptors (Lipinski definition) is 6. The highest BCUT2D eigenvalue weighted by molar-refractivity contribution is 6.16. The van der Waals surface area contributed by atoms with Crippen LogP contribution in [0.4, 0.5) is 18.9 Å². The number of halogens is 3. The number of aromatic nitrogens is 6. The molecular formula is C22H20F3N7O3. The molecule has 0 saturated heterocycles. The summed E-state index contributed by atoms with van der Waals surface area (Å²) in [7, 11) is 0. The predicted molar refractivity (Wildman–Crippen MR) is 119 cm³/mol. The molecule has 13 heteroatoms. The van der Waals surface area contributed by atoms with E-state index >= 15 is 0 Å². The van der Waals surface area contributed by atoms with Gasteiger partial charge in [0.05, 0.1) is 5.56 Å². The number of rotatable bonds is 6. The number of amides is 1. The van der Waals surface area contributed by atoms with E-state index in [0.29, 0.717) is 16.6 Å². The van der Waals surface area contributed by atoms with E-state index in [1.165, 1.54) is 31.7 Å². The Kier molecular flexibility index (Phi) is 6.01. The Balaban J connectivity index is 1.60. The van der Waals surface area contributed by atoms with Gasteiger partial charge in [-0.25, -0.2) is 9.97 Å². The minimum atomic E-state index is -4.65. The molecule has 10 nitrogen and oxygen atoms in total. The molecule has 2 N–H and O–H groups in total. The highest BCUT2D eigenvalue weighted by Gasteiger charge is 2.34. The van der Waals surface area contributed by atoms with Crippen LogP contribution in [-0.2, 0) is 17.5 Å². The van der Waals surface area contributed by atoms with Crippen LogP contribution in [0.2, 0.25) is 0 Å². The lowest BCUT2D eigenvalue weighted by Gasteiger charge is -2.08. The quantitative estimate of drug-likeness (QED) is 0.403. The van der Waals surface area contributed by atoms with Gasteiger partial charge >= 0.3 is 6.18 Å². The van der Waals surface area contributed by atoms with Crippen molar-refractivity contribution < 1.29 is 22.8 Å². The Bertz CT molecular complexity index is 1500. The number of H-pyrrole nitrogens is 1. The summed E-state index contributed by atoms with van der Waals surface area (Å²) < 4.78 is 41.3. The Hall–Kier alpha value is -4.29. The van der Waals surface area contributed by atoms with E-state index in [4.69, 9.17) is 0 Å². The summed E-state index contributed by atoms with van der Waals surface area (Å²) in [6, 6.07) is 2.04. The highest BCUT2D eigenvalue weighted by atomic mass is 19.4. The molecule has 0 aliphatic rings. The maximum atomic E-state index is 13.3. The van der Waals surface area contributed by atoms with Crippen molar-refractivity contribution in [2.45, 2.75) is 39.5 Å². The molecule has 0 aliphatic heterocycles. The number of nitrogens with zero attached hydrogens (tertiary/aromatic N) is 5. The second-order valence-corrected chi connectivity index (χ2v) is 8.14. The summed E-state index contributed by atoms with van der Waals surface area (Å²) in [5.41, 5.74) is -0.954. The van der Waals surface area contributed by atoms with Crippen LogP contribution in [0.5, 0.6) is 0 Å².